The van der Waals surface area contributed by atoms with Crippen LogP contribution in [0.15, 0.2) is 12.2 Å². The van der Waals surface area contributed by atoms with Crippen molar-refractivity contribution in [1.82, 2.24) is 0 Å². The third kappa shape index (κ3) is 19.0. The van der Waals surface area contributed by atoms with Crippen LogP contribution < -0.4 is 0 Å². The first-order valence-corrected chi connectivity index (χ1v) is 10.2. The predicted molar refractivity (Wildman–Crippen MR) is 106 cm³/mol. The molecule has 152 valence electrons. The van der Waals surface area contributed by atoms with Crippen LogP contribution in [-0.4, -0.2) is 57.3 Å². The summed E-state index contributed by atoms with van der Waals surface area (Å²) in [5, 5.41) is 0. The van der Waals surface area contributed by atoms with Crippen molar-refractivity contribution in [3.05, 3.63) is 12.2 Å². The Labute approximate surface area is 160 Å². The van der Waals surface area contributed by atoms with E-state index in [4.69, 9.17) is 9.47 Å². The Morgan fingerprint density at radius 1 is 0.692 bits per heavy atom. The van der Waals surface area contributed by atoms with Gasteiger partial charge in [0.1, 0.15) is 0 Å². The summed E-state index contributed by atoms with van der Waals surface area (Å²) in [5.41, 5.74) is 0. The van der Waals surface area contributed by atoms with E-state index in [0.717, 1.165) is 55.3 Å². The highest BCUT2D eigenvalue weighted by Gasteiger charge is 2.05. The fraction of sp³-hybridized carbons (Fsp3) is 0.810. The zero-order valence-electron chi connectivity index (χ0n) is 17.4. The minimum Gasteiger partial charge on any atom is -0.463 e. The van der Waals surface area contributed by atoms with Gasteiger partial charge < -0.3 is 14.0 Å². The van der Waals surface area contributed by atoms with Gasteiger partial charge in [0.2, 0.25) is 0 Å². The van der Waals surface area contributed by atoms with E-state index in [1.165, 1.54) is 32.1 Å². The first-order valence-electron chi connectivity index (χ1n) is 10.2. The second-order valence-electron chi connectivity index (χ2n) is 7.86. The highest BCUT2D eigenvalue weighted by Crippen LogP contribution is 2.05. The van der Waals surface area contributed by atoms with E-state index in [-0.39, 0.29) is 0 Å². The minimum absolute atomic E-state index is 0.403. The van der Waals surface area contributed by atoms with Crippen LogP contribution in [0.3, 0.4) is 0 Å². The van der Waals surface area contributed by atoms with Crippen molar-refractivity contribution in [2.75, 3.05) is 40.9 Å². The molecule has 0 aromatic heterocycles. The number of hydrogen-bond donors (Lipinski definition) is 0. The van der Waals surface area contributed by atoms with Crippen LogP contribution in [0.2, 0.25) is 0 Å². The van der Waals surface area contributed by atoms with Crippen molar-refractivity contribution in [3.63, 3.8) is 0 Å². The van der Waals surface area contributed by atoms with Gasteiger partial charge in [0.25, 0.3) is 0 Å². The van der Waals surface area contributed by atoms with E-state index in [0.29, 0.717) is 13.2 Å². The fourth-order valence-electron chi connectivity index (χ4n) is 2.50. The quantitative estimate of drug-likeness (QED) is 0.176. The first-order chi connectivity index (χ1) is 12.3. The van der Waals surface area contributed by atoms with Crippen molar-refractivity contribution in [2.24, 2.45) is 0 Å². The molecule has 0 aliphatic rings. The monoisotopic (exact) mass is 370 g/mol. The molecule has 0 N–H and O–H groups in total. The van der Waals surface area contributed by atoms with Gasteiger partial charge in [0.05, 0.1) is 40.9 Å². The van der Waals surface area contributed by atoms with Gasteiger partial charge in [-0.1, -0.05) is 39.0 Å². The molecular weight excluding hydrogens is 330 g/mol. The molecule has 0 aliphatic carbocycles. The molecule has 0 saturated carbocycles. The smallest absolute Gasteiger partial charge is 0.331 e. The molecule has 0 aliphatic heterocycles. The molecule has 0 saturated heterocycles. The maximum absolute atomic E-state index is 11.5. The normalized spacial score (nSPS) is 11.7. The van der Waals surface area contributed by atoms with Crippen molar-refractivity contribution in [2.45, 2.75) is 71.1 Å². The van der Waals surface area contributed by atoms with Gasteiger partial charge in [-0.25, -0.2) is 9.59 Å². The van der Waals surface area contributed by atoms with Gasteiger partial charge >= 0.3 is 11.9 Å². The summed E-state index contributed by atoms with van der Waals surface area (Å²) in [6.07, 6.45) is 13.4. The molecular formula is C21H40NO4+. The molecule has 0 radical (unpaired) electrons. The molecule has 0 rings (SSSR count). The second-order valence-corrected chi connectivity index (χ2v) is 7.86. The lowest BCUT2D eigenvalue weighted by Crippen LogP contribution is -2.35. The molecule has 0 unspecified atom stereocenters. The third-order valence-electron chi connectivity index (χ3n) is 4.07. The average molecular weight is 371 g/mol. The Kier molecular flexibility index (Phi) is 15.0. The van der Waals surface area contributed by atoms with Crippen LogP contribution in [-0.2, 0) is 19.1 Å². The van der Waals surface area contributed by atoms with Crippen molar-refractivity contribution in [1.29, 1.82) is 0 Å². The Morgan fingerprint density at radius 3 is 1.58 bits per heavy atom. The van der Waals surface area contributed by atoms with Crippen LogP contribution in [0, 0.1) is 0 Å². The van der Waals surface area contributed by atoms with E-state index in [1.807, 2.05) is 0 Å². The van der Waals surface area contributed by atoms with E-state index < -0.39 is 11.9 Å². The maximum Gasteiger partial charge on any atom is 0.331 e. The Hall–Kier alpha value is -1.36. The standard InChI is InChI=1S/C21H40NO4/c1-5-6-7-8-10-13-18-25-20(23)15-16-21(24)26-19-14-11-9-12-17-22(2,3)4/h15-16H,5-14,17-19H2,1-4H3/q+1/b16-15+. The summed E-state index contributed by atoms with van der Waals surface area (Å²) in [5.74, 6) is -0.955. The van der Waals surface area contributed by atoms with Gasteiger partial charge in [-0.05, 0) is 32.1 Å². The van der Waals surface area contributed by atoms with Gasteiger partial charge in [0.15, 0.2) is 0 Å². The number of hydrogen-bond acceptors (Lipinski definition) is 4. The Morgan fingerprint density at radius 2 is 1.12 bits per heavy atom. The minimum atomic E-state index is -0.479. The summed E-state index contributed by atoms with van der Waals surface area (Å²) in [6.45, 7) is 4.16. The summed E-state index contributed by atoms with van der Waals surface area (Å²) >= 11 is 0. The summed E-state index contributed by atoms with van der Waals surface area (Å²) in [4.78, 5) is 23.0. The third-order valence-corrected chi connectivity index (χ3v) is 4.07. The lowest BCUT2D eigenvalue weighted by atomic mass is 10.1. The molecule has 0 atom stereocenters. The first kappa shape index (κ1) is 24.6. The topological polar surface area (TPSA) is 52.6 Å². The molecule has 0 spiro atoms. The molecule has 26 heavy (non-hydrogen) atoms. The SMILES string of the molecule is CCCCCCCCOC(=O)/C=C/C(=O)OCCCCCC[N+](C)(C)C. The molecule has 0 bridgehead atoms. The Bertz CT molecular complexity index is 399. The summed E-state index contributed by atoms with van der Waals surface area (Å²) in [6, 6.07) is 0. The molecule has 0 heterocycles. The van der Waals surface area contributed by atoms with E-state index in [1.54, 1.807) is 0 Å². The number of carbonyl (C=O) groups is 2. The maximum atomic E-state index is 11.5. The number of ether oxygens (including phenoxy) is 2. The Balaban J connectivity index is 3.53. The summed E-state index contributed by atoms with van der Waals surface area (Å²) in [7, 11) is 6.56. The average Bonchev–Trinajstić information content (AvgIpc) is 2.57. The molecule has 5 heteroatoms. The van der Waals surface area contributed by atoms with Crippen LogP contribution in [0.5, 0.6) is 0 Å². The lowest BCUT2D eigenvalue weighted by molar-refractivity contribution is -0.870. The van der Waals surface area contributed by atoms with Gasteiger partial charge in [0, 0.05) is 12.2 Å². The lowest BCUT2D eigenvalue weighted by Gasteiger charge is -2.23. The zero-order valence-corrected chi connectivity index (χ0v) is 17.4. The number of rotatable bonds is 16. The van der Waals surface area contributed by atoms with Crippen LogP contribution in [0.1, 0.15) is 71.1 Å². The van der Waals surface area contributed by atoms with E-state index >= 15 is 0 Å². The molecule has 0 aromatic carbocycles. The van der Waals surface area contributed by atoms with Crippen molar-refractivity contribution in [3.8, 4) is 0 Å². The molecule has 0 amide bonds. The fourth-order valence-corrected chi connectivity index (χ4v) is 2.50. The molecule has 0 aromatic rings. The van der Waals surface area contributed by atoms with Crippen molar-refractivity contribution < 1.29 is 23.5 Å². The molecule has 5 nitrogen and oxygen atoms in total. The van der Waals surface area contributed by atoms with Crippen LogP contribution >= 0.6 is 0 Å². The van der Waals surface area contributed by atoms with Gasteiger partial charge in [-0.2, -0.15) is 0 Å². The number of nitrogens with zero attached hydrogens (tertiary/aromatic N) is 1. The highest BCUT2D eigenvalue weighted by atomic mass is 16.5. The predicted octanol–water partition coefficient (Wildman–Crippen LogP) is 4.26. The highest BCUT2D eigenvalue weighted by molar-refractivity contribution is 5.91. The van der Waals surface area contributed by atoms with E-state index in [2.05, 4.69) is 28.1 Å². The second kappa shape index (κ2) is 15.9. The number of unbranched alkanes of at least 4 members (excludes halogenated alkanes) is 8. The summed E-state index contributed by atoms with van der Waals surface area (Å²) < 4.78 is 11.1. The number of carbonyl (C=O) groups excluding carboxylic acids is 2. The number of esters is 2. The van der Waals surface area contributed by atoms with Gasteiger partial charge in [-0.3, -0.25) is 0 Å². The van der Waals surface area contributed by atoms with E-state index in [9.17, 15) is 9.59 Å². The van der Waals surface area contributed by atoms with Crippen molar-refractivity contribution >= 4 is 11.9 Å². The number of quaternary nitrogens is 1. The zero-order chi connectivity index (χ0) is 19.7. The van der Waals surface area contributed by atoms with Crippen LogP contribution in [0.4, 0.5) is 0 Å². The van der Waals surface area contributed by atoms with Crippen LogP contribution in [0.25, 0.3) is 0 Å². The molecule has 0 fully saturated rings. The largest absolute Gasteiger partial charge is 0.463 e. The van der Waals surface area contributed by atoms with Gasteiger partial charge in [-0.15, -0.1) is 0 Å².